The molecular formula is C19H21BO2. The first kappa shape index (κ1) is 15.0. The van der Waals surface area contributed by atoms with Crippen molar-refractivity contribution in [3.63, 3.8) is 0 Å². The molecule has 2 aromatic rings. The molecule has 0 saturated heterocycles. The summed E-state index contributed by atoms with van der Waals surface area (Å²) in [6.07, 6.45) is 0.448. The van der Waals surface area contributed by atoms with E-state index in [0.29, 0.717) is 13.0 Å². The van der Waals surface area contributed by atoms with Crippen LogP contribution >= 0.6 is 0 Å². The van der Waals surface area contributed by atoms with Gasteiger partial charge in [0.25, 0.3) is 0 Å². The lowest BCUT2D eigenvalue weighted by atomic mass is 9.64. The zero-order chi connectivity index (χ0) is 15.9. The van der Waals surface area contributed by atoms with Gasteiger partial charge in [-0.1, -0.05) is 31.1 Å². The Morgan fingerprint density at radius 3 is 2.59 bits per heavy atom. The van der Waals surface area contributed by atoms with Gasteiger partial charge in [-0.3, -0.25) is 4.79 Å². The number of aryl methyl sites for hydroxylation is 3. The summed E-state index contributed by atoms with van der Waals surface area (Å²) >= 11 is 0. The van der Waals surface area contributed by atoms with Crippen LogP contribution in [0.1, 0.15) is 38.2 Å². The van der Waals surface area contributed by atoms with Crippen molar-refractivity contribution < 1.29 is 9.45 Å². The molecule has 3 heteroatoms. The number of benzene rings is 2. The summed E-state index contributed by atoms with van der Waals surface area (Å²) in [6.45, 7) is 9.02. The summed E-state index contributed by atoms with van der Waals surface area (Å²) in [7, 11) is 0. The molecule has 1 aliphatic heterocycles. The summed E-state index contributed by atoms with van der Waals surface area (Å²) in [5.74, 6) is 0.187. The van der Waals surface area contributed by atoms with Gasteiger partial charge in [0.05, 0.1) is 6.61 Å². The van der Waals surface area contributed by atoms with Crippen LogP contribution in [0.15, 0.2) is 30.3 Å². The van der Waals surface area contributed by atoms with Gasteiger partial charge in [0.15, 0.2) is 5.78 Å². The Morgan fingerprint density at radius 1 is 1.09 bits per heavy atom. The third kappa shape index (κ3) is 2.73. The normalized spacial score (nSPS) is 13.4. The number of Topliss-reactive ketones (excluding diaryl/α,β-unsaturated/α-hetero) is 1. The molecule has 0 fully saturated rings. The molecular weight excluding hydrogens is 271 g/mol. The van der Waals surface area contributed by atoms with Gasteiger partial charge in [0.1, 0.15) is 0 Å². The lowest BCUT2D eigenvalue weighted by Gasteiger charge is -2.10. The first-order valence-electron chi connectivity index (χ1n) is 7.80. The molecule has 112 valence electrons. The zero-order valence-corrected chi connectivity index (χ0v) is 13.7. The largest absolute Gasteiger partial charge is 0.427 e. The molecule has 0 aliphatic carbocycles. The van der Waals surface area contributed by atoms with Gasteiger partial charge < -0.3 is 4.65 Å². The molecule has 0 radical (unpaired) electrons. The number of hydrogen-bond acceptors (Lipinski definition) is 2. The highest BCUT2D eigenvalue weighted by atomic mass is 16.4. The molecule has 2 nitrogen and oxygen atoms in total. The molecule has 0 atom stereocenters. The van der Waals surface area contributed by atoms with E-state index in [1.54, 1.807) is 0 Å². The molecule has 0 amide bonds. The summed E-state index contributed by atoms with van der Waals surface area (Å²) in [6, 6.07) is 10.4. The first-order valence-corrected chi connectivity index (χ1v) is 7.80. The van der Waals surface area contributed by atoms with E-state index in [1.165, 1.54) is 22.2 Å². The van der Waals surface area contributed by atoms with Crippen LogP contribution in [0.25, 0.3) is 0 Å². The molecule has 0 unspecified atom stereocenters. The van der Waals surface area contributed by atoms with Crippen molar-refractivity contribution in [2.75, 3.05) is 0 Å². The predicted octanol–water partition coefficient (Wildman–Crippen LogP) is 3.40. The Balaban J connectivity index is 1.86. The fraction of sp³-hybridized carbons (Fsp3) is 0.316. The van der Waals surface area contributed by atoms with E-state index in [4.69, 9.17) is 4.65 Å². The fourth-order valence-electron chi connectivity index (χ4n) is 3.11. The highest BCUT2D eigenvalue weighted by molar-refractivity contribution is 6.67. The topological polar surface area (TPSA) is 26.3 Å². The lowest BCUT2D eigenvalue weighted by Crippen LogP contribution is -2.24. The maximum absolute atomic E-state index is 12.6. The van der Waals surface area contributed by atoms with Crippen molar-refractivity contribution in [1.29, 1.82) is 0 Å². The third-order valence-electron chi connectivity index (χ3n) is 4.64. The van der Waals surface area contributed by atoms with Gasteiger partial charge >= 0.3 is 6.92 Å². The minimum atomic E-state index is 0.133. The maximum Gasteiger partial charge on any atom is 0.324 e. The average molecular weight is 292 g/mol. The van der Waals surface area contributed by atoms with Crippen molar-refractivity contribution in [2.24, 2.45) is 0 Å². The number of ketones is 1. The molecule has 3 rings (SSSR count). The summed E-state index contributed by atoms with van der Waals surface area (Å²) in [5, 5.41) is 0. The maximum atomic E-state index is 12.6. The Kier molecular flexibility index (Phi) is 3.92. The highest BCUT2D eigenvalue weighted by Gasteiger charge is 2.23. The Labute approximate surface area is 132 Å². The van der Waals surface area contributed by atoms with Crippen LogP contribution in [0, 0.1) is 20.8 Å². The summed E-state index contributed by atoms with van der Waals surface area (Å²) < 4.78 is 5.63. The van der Waals surface area contributed by atoms with E-state index in [0.717, 1.165) is 16.7 Å². The van der Waals surface area contributed by atoms with E-state index < -0.39 is 0 Å². The van der Waals surface area contributed by atoms with Crippen LogP contribution in [0.5, 0.6) is 0 Å². The van der Waals surface area contributed by atoms with Crippen LogP contribution in [-0.2, 0) is 17.7 Å². The average Bonchev–Trinajstić information content (AvgIpc) is 2.84. The molecule has 22 heavy (non-hydrogen) atoms. The van der Waals surface area contributed by atoms with Crippen molar-refractivity contribution >= 4 is 18.2 Å². The van der Waals surface area contributed by atoms with Crippen LogP contribution in [0.4, 0.5) is 0 Å². The van der Waals surface area contributed by atoms with Crippen LogP contribution in [0.3, 0.4) is 0 Å². The number of rotatable bonds is 3. The minimum Gasteiger partial charge on any atom is -0.427 e. The molecule has 0 bridgehead atoms. The fourth-order valence-corrected chi connectivity index (χ4v) is 3.11. The zero-order valence-electron chi connectivity index (χ0n) is 13.7. The van der Waals surface area contributed by atoms with Crippen molar-refractivity contribution in [3.05, 3.63) is 63.7 Å². The van der Waals surface area contributed by atoms with E-state index in [2.05, 4.69) is 44.9 Å². The van der Waals surface area contributed by atoms with Gasteiger partial charge in [-0.25, -0.2) is 0 Å². The summed E-state index contributed by atoms with van der Waals surface area (Å²) in [5.41, 5.74) is 7.84. The first-order chi connectivity index (χ1) is 10.5. The number of fused-ring (bicyclic) bond motifs is 1. The second-order valence-corrected chi connectivity index (χ2v) is 6.34. The van der Waals surface area contributed by atoms with E-state index in [9.17, 15) is 4.79 Å². The molecule has 0 aromatic heterocycles. The lowest BCUT2D eigenvalue weighted by molar-refractivity contribution is 0.0992. The van der Waals surface area contributed by atoms with E-state index in [1.807, 2.05) is 13.0 Å². The van der Waals surface area contributed by atoms with Crippen LogP contribution in [-0.4, -0.2) is 12.7 Å². The quantitative estimate of drug-likeness (QED) is 0.640. The predicted molar refractivity (Wildman–Crippen MR) is 91.2 cm³/mol. The van der Waals surface area contributed by atoms with Gasteiger partial charge in [-0.05, 0) is 60.1 Å². The van der Waals surface area contributed by atoms with Crippen molar-refractivity contribution in [1.82, 2.24) is 0 Å². The van der Waals surface area contributed by atoms with Crippen molar-refractivity contribution in [2.45, 2.75) is 40.6 Å². The van der Waals surface area contributed by atoms with Crippen LogP contribution < -0.4 is 5.46 Å². The highest BCUT2D eigenvalue weighted by Crippen LogP contribution is 2.19. The Hall–Kier alpha value is -1.87. The van der Waals surface area contributed by atoms with Crippen LogP contribution in [0.2, 0.25) is 6.82 Å². The van der Waals surface area contributed by atoms with E-state index >= 15 is 0 Å². The number of hydrogen-bond donors (Lipinski definition) is 0. The third-order valence-corrected chi connectivity index (χ3v) is 4.64. The molecule has 0 spiro atoms. The smallest absolute Gasteiger partial charge is 0.324 e. The standard InChI is InChI=1S/C19H21BO2/c1-12-7-14(3)17(8-13(12)2)19(21)10-15-5-6-16-11-22-20(4)18(16)9-15/h5-9H,10-11H2,1-4H3. The van der Waals surface area contributed by atoms with Gasteiger partial charge in [0.2, 0.25) is 0 Å². The second kappa shape index (κ2) is 5.73. The molecule has 1 heterocycles. The molecule has 0 N–H and O–H groups in total. The molecule has 0 saturated carbocycles. The van der Waals surface area contributed by atoms with Gasteiger partial charge in [-0.2, -0.15) is 0 Å². The van der Waals surface area contributed by atoms with Crippen molar-refractivity contribution in [3.8, 4) is 0 Å². The Bertz CT molecular complexity index is 749. The SMILES string of the molecule is CB1OCc2ccc(CC(=O)c3cc(C)c(C)cc3C)cc21. The molecule has 2 aromatic carbocycles. The van der Waals surface area contributed by atoms with Gasteiger partial charge in [-0.15, -0.1) is 0 Å². The van der Waals surface area contributed by atoms with Gasteiger partial charge in [0, 0.05) is 12.0 Å². The number of carbonyl (C=O) groups excluding carboxylic acids is 1. The monoisotopic (exact) mass is 292 g/mol. The number of carbonyl (C=O) groups is 1. The second-order valence-electron chi connectivity index (χ2n) is 6.34. The minimum absolute atomic E-state index is 0.133. The van der Waals surface area contributed by atoms with E-state index in [-0.39, 0.29) is 12.7 Å². The summed E-state index contributed by atoms with van der Waals surface area (Å²) in [4.78, 5) is 12.6. The Morgan fingerprint density at radius 2 is 1.82 bits per heavy atom. The molecule has 1 aliphatic rings.